The number of hydrogen-bond acceptors (Lipinski definition) is 4. The zero-order valence-corrected chi connectivity index (χ0v) is 16.7. The summed E-state index contributed by atoms with van der Waals surface area (Å²) in [6, 6.07) is 16.0. The average Bonchev–Trinajstić information content (AvgIpc) is 2.75. The van der Waals surface area contributed by atoms with Crippen molar-refractivity contribution in [3.63, 3.8) is 0 Å². The van der Waals surface area contributed by atoms with Crippen molar-refractivity contribution in [2.24, 2.45) is 0 Å². The van der Waals surface area contributed by atoms with Crippen LogP contribution >= 0.6 is 0 Å². The molecule has 0 bridgehead atoms. The molecule has 0 radical (unpaired) electrons. The van der Waals surface area contributed by atoms with Crippen LogP contribution in [-0.2, 0) is 6.42 Å². The number of amides is 2. The maximum atomic E-state index is 12.8. The van der Waals surface area contributed by atoms with Crippen LogP contribution in [0.3, 0.4) is 0 Å². The van der Waals surface area contributed by atoms with Crippen LogP contribution in [0.5, 0.6) is 5.75 Å². The summed E-state index contributed by atoms with van der Waals surface area (Å²) in [5.74, 6) is 0.0206. The summed E-state index contributed by atoms with van der Waals surface area (Å²) >= 11 is 0. The molecule has 1 heterocycles. The lowest BCUT2D eigenvalue weighted by Crippen LogP contribution is -2.17. The normalized spacial score (nSPS) is 10.3. The number of para-hydroxylation sites is 1. The molecule has 0 spiro atoms. The van der Waals surface area contributed by atoms with Crippen LogP contribution < -0.4 is 15.4 Å². The van der Waals surface area contributed by atoms with Gasteiger partial charge in [-0.3, -0.25) is 14.6 Å². The minimum absolute atomic E-state index is 0.161. The van der Waals surface area contributed by atoms with Crippen LogP contribution in [0.1, 0.15) is 38.9 Å². The Morgan fingerprint density at radius 3 is 2.45 bits per heavy atom. The lowest BCUT2D eigenvalue weighted by atomic mass is 10.1. The van der Waals surface area contributed by atoms with E-state index in [4.69, 9.17) is 4.74 Å². The standard InChI is InChI=1S/C23H23N3O3/c1-4-16-7-5-6-15(2)21(16)26-22(27)17-12-13-24-20(14-17)23(28)25-18-8-10-19(29-3)11-9-18/h5-14H,4H2,1-3H3,(H,25,28)(H,26,27). The van der Waals surface area contributed by atoms with Gasteiger partial charge in [-0.15, -0.1) is 0 Å². The van der Waals surface area contributed by atoms with Crippen molar-refractivity contribution in [2.75, 3.05) is 17.7 Å². The summed E-state index contributed by atoms with van der Waals surface area (Å²) in [7, 11) is 1.58. The molecule has 0 aliphatic rings. The monoisotopic (exact) mass is 389 g/mol. The highest BCUT2D eigenvalue weighted by molar-refractivity contribution is 6.08. The first-order valence-corrected chi connectivity index (χ1v) is 9.33. The van der Waals surface area contributed by atoms with E-state index in [9.17, 15) is 9.59 Å². The molecule has 29 heavy (non-hydrogen) atoms. The Morgan fingerprint density at radius 2 is 1.76 bits per heavy atom. The lowest BCUT2D eigenvalue weighted by molar-refractivity contribution is 0.102. The number of carbonyl (C=O) groups is 2. The molecule has 0 aliphatic carbocycles. The third kappa shape index (κ3) is 4.79. The van der Waals surface area contributed by atoms with Crippen molar-refractivity contribution < 1.29 is 14.3 Å². The second-order valence-corrected chi connectivity index (χ2v) is 6.53. The number of aryl methyl sites for hydroxylation is 2. The van der Waals surface area contributed by atoms with Crippen molar-refractivity contribution in [1.29, 1.82) is 0 Å². The van der Waals surface area contributed by atoms with Crippen LogP contribution in [0.2, 0.25) is 0 Å². The molecule has 3 rings (SSSR count). The number of aromatic nitrogens is 1. The Morgan fingerprint density at radius 1 is 1.00 bits per heavy atom. The molecule has 0 fully saturated rings. The van der Waals surface area contributed by atoms with E-state index in [1.54, 1.807) is 37.4 Å². The number of carbonyl (C=O) groups excluding carboxylic acids is 2. The predicted molar refractivity (Wildman–Crippen MR) is 114 cm³/mol. The molecule has 2 N–H and O–H groups in total. The maximum Gasteiger partial charge on any atom is 0.274 e. The summed E-state index contributed by atoms with van der Waals surface area (Å²) in [6.45, 7) is 3.99. The van der Waals surface area contributed by atoms with Crippen molar-refractivity contribution >= 4 is 23.2 Å². The van der Waals surface area contributed by atoms with Gasteiger partial charge in [0.25, 0.3) is 11.8 Å². The first-order valence-electron chi connectivity index (χ1n) is 9.33. The van der Waals surface area contributed by atoms with Crippen LogP contribution in [-0.4, -0.2) is 23.9 Å². The molecule has 6 heteroatoms. The molecule has 0 unspecified atom stereocenters. The zero-order valence-electron chi connectivity index (χ0n) is 16.7. The number of anilines is 2. The number of methoxy groups -OCH3 is 1. The first-order chi connectivity index (χ1) is 14.0. The van der Waals surface area contributed by atoms with E-state index < -0.39 is 5.91 Å². The van der Waals surface area contributed by atoms with Crippen LogP contribution in [0, 0.1) is 6.92 Å². The van der Waals surface area contributed by atoms with Gasteiger partial charge in [0, 0.05) is 23.1 Å². The second-order valence-electron chi connectivity index (χ2n) is 6.53. The van der Waals surface area contributed by atoms with Gasteiger partial charge in [-0.2, -0.15) is 0 Å². The number of pyridine rings is 1. The summed E-state index contributed by atoms with van der Waals surface area (Å²) in [6.07, 6.45) is 2.26. The Hall–Kier alpha value is -3.67. The fourth-order valence-electron chi connectivity index (χ4n) is 2.95. The number of nitrogens with zero attached hydrogens (tertiary/aromatic N) is 1. The number of nitrogens with one attached hydrogen (secondary N) is 2. The minimum atomic E-state index is -0.394. The molecule has 148 valence electrons. The van der Waals surface area contributed by atoms with Gasteiger partial charge >= 0.3 is 0 Å². The quantitative estimate of drug-likeness (QED) is 0.652. The molecule has 2 aromatic carbocycles. The second kappa shape index (κ2) is 9.01. The summed E-state index contributed by atoms with van der Waals surface area (Å²) < 4.78 is 5.11. The largest absolute Gasteiger partial charge is 0.497 e. The number of hydrogen-bond donors (Lipinski definition) is 2. The van der Waals surface area contributed by atoms with Crippen LogP contribution in [0.15, 0.2) is 60.8 Å². The van der Waals surface area contributed by atoms with E-state index in [0.717, 1.165) is 23.2 Å². The SMILES string of the molecule is CCc1cccc(C)c1NC(=O)c1ccnc(C(=O)Nc2ccc(OC)cc2)c1. The van der Waals surface area contributed by atoms with Gasteiger partial charge in [-0.05, 0) is 60.9 Å². The van der Waals surface area contributed by atoms with Crippen molar-refractivity contribution in [3.05, 3.63) is 83.2 Å². The van der Waals surface area contributed by atoms with E-state index in [1.807, 2.05) is 32.0 Å². The third-order valence-corrected chi connectivity index (χ3v) is 4.58. The highest BCUT2D eigenvalue weighted by Crippen LogP contribution is 2.22. The van der Waals surface area contributed by atoms with E-state index >= 15 is 0 Å². The molecule has 0 atom stereocenters. The Labute approximate surface area is 169 Å². The summed E-state index contributed by atoms with van der Waals surface area (Å²) in [5.41, 5.74) is 3.99. The highest BCUT2D eigenvalue weighted by atomic mass is 16.5. The van der Waals surface area contributed by atoms with Gasteiger partial charge in [-0.1, -0.05) is 25.1 Å². The van der Waals surface area contributed by atoms with Gasteiger partial charge in [0.1, 0.15) is 11.4 Å². The number of rotatable bonds is 6. The Bertz CT molecular complexity index is 1030. The van der Waals surface area contributed by atoms with Gasteiger partial charge < -0.3 is 15.4 Å². The van der Waals surface area contributed by atoms with Crippen molar-refractivity contribution in [3.8, 4) is 5.75 Å². The Balaban J connectivity index is 1.76. The average molecular weight is 389 g/mol. The first kappa shape index (κ1) is 20.1. The van der Waals surface area contributed by atoms with E-state index in [0.29, 0.717) is 17.0 Å². The molecular formula is C23H23N3O3. The molecule has 0 saturated heterocycles. The molecule has 2 amide bonds. The number of benzene rings is 2. The maximum absolute atomic E-state index is 12.8. The molecule has 6 nitrogen and oxygen atoms in total. The fourth-order valence-corrected chi connectivity index (χ4v) is 2.95. The minimum Gasteiger partial charge on any atom is -0.497 e. The van der Waals surface area contributed by atoms with Crippen LogP contribution in [0.4, 0.5) is 11.4 Å². The summed E-state index contributed by atoms with van der Waals surface area (Å²) in [4.78, 5) is 29.4. The lowest BCUT2D eigenvalue weighted by Gasteiger charge is -2.13. The summed E-state index contributed by atoms with van der Waals surface area (Å²) in [5, 5.41) is 5.73. The van der Waals surface area contributed by atoms with Crippen molar-refractivity contribution in [1.82, 2.24) is 4.98 Å². The third-order valence-electron chi connectivity index (χ3n) is 4.58. The van der Waals surface area contributed by atoms with E-state index in [1.165, 1.54) is 12.3 Å². The number of ether oxygens (including phenoxy) is 1. The molecule has 0 saturated carbocycles. The highest BCUT2D eigenvalue weighted by Gasteiger charge is 2.14. The van der Waals surface area contributed by atoms with E-state index in [2.05, 4.69) is 15.6 Å². The smallest absolute Gasteiger partial charge is 0.274 e. The van der Waals surface area contributed by atoms with Gasteiger partial charge in [0.05, 0.1) is 7.11 Å². The predicted octanol–water partition coefficient (Wildman–Crippen LogP) is 4.47. The van der Waals surface area contributed by atoms with Crippen LogP contribution in [0.25, 0.3) is 0 Å². The fraction of sp³-hybridized carbons (Fsp3) is 0.174. The molecular weight excluding hydrogens is 366 g/mol. The molecule has 0 aliphatic heterocycles. The Kier molecular flexibility index (Phi) is 6.24. The van der Waals surface area contributed by atoms with E-state index in [-0.39, 0.29) is 11.6 Å². The molecule has 1 aromatic heterocycles. The van der Waals surface area contributed by atoms with Gasteiger partial charge in [0.15, 0.2) is 0 Å². The van der Waals surface area contributed by atoms with Crippen molar-refractivity contribution in [2.45, 2.75) is 20.3 Å². The van der Waals surface area contributed by atoms with Gasteiger partial charge in [0.2, 0.25) is 0 Å². The zero-order chi connectivity index (χ0) is 20.8. The molecule has 3 aromatic rings. The topological polar surface area (TPSA) is 80.3 Å². The van der Waals surface area contributed by atoms with Gasteiger partial charge in [-0.25, -0.2) is 0 Å².